The normalized spacial score (nSPS) is 13.7. The summed E-state index contributed by atoms with van der Waals surface area (Å²) in [5, 5.41) is 3.58. The minimum absolute atomic E-state index is 0.121. The van der Waals surface area contributed by atoms with Gasteiger partial charge in [0.2, 0.25) is 0 Å². The number of benzene rings is 2. The number of methoxy groups -OCH3 is 1. The number of hydrogen-bond acceptors (Lipinski definition) is 3. The van der Waals surface area contributed by atoms with Crippen LogP contribution in [0.3, 0.4) is 0 Å². The predicted octanol–water partition coefficient (Wildman–Crippen LogP) is 2.74. The fourth-order valence-corrected chi connectivity index (χ4v) is 2.31. The highest BCUT2D eigenvalue weighted by Crippen LogP contribution is 2.17. The number of rotatable bonds is 7. The first kappa shape index (κ1) is 15.5. The van der Waals surface area contributed by atoms with E-state index in [2.05, 4.69) is 48.6 Å². The molecule has 0 radical (unpaired) electrons. The van der Waals surface area contributed by atoms with Gasteiger partial charge in [-0.05, 0) is 36.6 Å². The van der Waals surface area contributed by atoms with Gasteiger partial charge in [-0.1, -0.05) is 42.5 Å². The molecule has 0 aliphatic heterocycles. The highest BCUT2D eigenvalue weighted by Gasteiger charge is 2.22. The van der Waals surface area contributed by atoms with E-state index in [1.165, 1.54) is 11.1 Å². The van der Waals surface area contributed by atoms with Crippen LogP contribution >= 0.6 is 0 Å². The van der Waals surface area contributed by atoms with E-state index >= 15 is 0 Å². The van der Waals surface area contributed by atoms with Crippen LogP contribution in [0.1, 0.15) is 18.1 Å². The molecule has 3 nitrogen and oxygen atoms in total. The van der Waals surface area contributed by atoms with Gasteiger partial charge < -0.3 is 15.8 Å². The molecule has 0 spiro atoms. The average Bonchev–Trinajstić information content (AvgIpc) is 2.55. The van der Waals surface area contributed by atoms with Gasteiger partial charge in [-0.15, -0.1) is 0 Å². The molecule has 0 saturated carbocycles. The lowest BCUT2D eigenvalue weighted by Gasteiger charge is -2.30. The lowest BCUT2D eigenvalue weighted by Crippen LogP contribution is -2.50. The summed E-state index contributed by atoms with van der Waals surface area (Å²) in [6.07, 6.45) is 0.889. The molecule has 3 N–H and O–H groups in total. The molecular formula is C18H24N2O. The Morgan fingerprint density at radius 3 is 2.24 bits per heavy atom. The summed E-state index contributed by atoms with van der Waals surface area (Å²) in [4.78, 5) is 0. The Labute approximate surface area is 127 Å². The minimum Gasteiger partial charge on any atom is -0.497 e. The summed E-state index contributed by atoms with van der Waals surface area (Å²) in [6, 6.07) is 18.6. The van der Waals surface area contributed by atoms with Gasteiger partial charge in [-0.2, -0.15) is 0 Å². The topological polar surface area (TPSA) is 47.3 Å². The fourth-order valence-electron chi connectivity index (χ4n) is 2.31. The third-order valence-electron chi connectivity index (χ3n) is 3.77. The Morgan fingerprint density at radius 1 is 1.00 bits per heavy atom. The molecule has 3 heteroatoms. The second-order valence-corrected chi connectivity index (χ2v) is 5.63. The molecule has 0 fully saturated rings. The number of nitrogens with two attached hydrogens (primary N) is 1. The van der Waals surface area contributed by atoms with E-state index < -0.39 is 0 Å². The molecule has 112 valence electrons. The second kappa shape index (κ2) is 7.25. The summed E-state index contributed by atoms with van der Waals surface area (Å²) < 4.78 is 5.19. The van der Waals surface area contributed by atoms with Crippen LogP contribution in [0.5, 0.6) is 5.75 Å². The average molecular weight is 284 g/mol. The molecule has 0 bridgehead atoms. The molecule has 0 heterocycles. The van der Waals surface area contributed by atoms with Crippen LogP contribution in [0.4, 0.5) is 0 Å². The largest absolute Gasteiger partial charge is 0.497 e. The van der Waals surface area contributed by atoms with E-state index in [9.17, 15) is 0 Å². The highest BCUT2D eigenvalue weighted by atomic mass is 16.5. The first-order valence-electron chi connectivity index (χ1n) is 7.27. The van der Waals surface area contributed by atoms with E-state index in [4.69, 9.17) is 10.5 Å². The Balaban J connectivity index is 1.99. The van der Waals surface area contributed by atoms with Gasteiger partial charge in [0.1, 0.15) is 5.75 Å². The van der Waals surface area contributed by atoms with Gasteiger partial charge in [-0.3, -0.25) is 0 Å². The van der Waals surface area contributed by atoms with Crippen molar-refractivity contribution in [2.45, 2.75) is 25.4 Å². The van der Waals surface area contributed by atoms with Gasteiger partial charge >= 0.3 is 0 Å². The third-order valence-corrected chi connectivity index (χ3v) is 3.77. The van der Waals surface area contributed by atoms with Crippen LogP contribution in [-0.2, 0) is 13.0 Å². The molecule has 0 amide bonds. The zero-order valence-corrected chi connectivity index (χ0v) is 12.8. The predicted molar refractivity (Wildman–Crippen MR) is 87.4 cm³/mol. The van der Waals surface area contributed by atoms with Crippen molar-refractivity contribution in [2.75, 3.05) is 13.7 Å². The molecule has 21 heavy (non-hydrogen) atoms. The molecule has 2 aromatic carbocycles. The fraction of sp³-hybridized carbons (Fsp3) is 0.333. The monoisotopic (exact) mass is 284 g/mol. The molecule has 2 aromatic rings. The van der Waals surface area contributed by atoms with Crippen LogP contribution in [0.15, 0.2) is 54.6 Å². The Morgan fingerprint density at radius 2 is 1.67 bits per heavy atom. The summed E-state index contributed by atoms with van der Waals surface area (Å²) in [5.74, 6) is 0.880. The SMILES string of the molecule is COc1ccc(CC(C)(CN)NCc2ccccc2)cc1. The van der Waals surface area contributed by atoms with E-state index in [1.54, 1.807) is 7.11 Å². The molecule has 0 saturated heterocycles. The molecular weight excluding hydrogens is 260 g/mol. The van der Waals surface area contributed by atoms with Crippen LogP contribution in [0.25, 0.3) is 0 Å². The van der Waals surface area contributed by atoms with E-state index in [0.29, 0.717) is 6.54 Å². The summed E-state index contributed by atoms with van der Waals surface area (Å²) in [7, 11) is 1.68. The van der Waals surface area contributed by atoms with Crippen molar-refractivity contribution in [1.29, 1.82) is 0 Å². The maximum atomic E-state index is 5.99. The molecule has 0 aliphatic rings. The van der Waals surface area contributed by atoms with Crippen molar-refractivity contribution >= 4 is 0 Å². The van der Waals surface area contributed by atoms with Crippen molar-refractivity contribution in [2.24, 2.45) is 5.73 Å². The second-order valence-electron chi connectivity index (χ2n) is 5.63. The van der Waals surface area contributed by atoms with Crippen LogP contribution in [-0.4, -0.2) is 19.2 Å². The summed E-state index contributed by atoms with van der Waals surface area (Å²) in [6.45, 7) is 3.58. The van der Waals surface area contributed by atoms with Crippen molar-refractivity contribution in [3.8, 4) is 5.75 Å². The number of nitrogens with one attached hydrogen (secondary N) is 1. The zero-order chi connectivity index (χ0) is 15.1. The number of hydrogen-bond donors (Lipinski definition) is 2. The maximum Gasteiger partial charge on any atom is 0.118 e. The summed E-state index contributed by atoms with van der Waals surface area (Å²) in [5.41, 5.74) is 8.39. The van der Waals surface area contributed by atoms with E-state index in [0.717, 1.165) is 18.7 Å². The molecule has 1 atom stereocenters. The molecule has 1 unspecified atom stereocenters. The summed E-state index contributed by atoms with van der Waals surface area (Å²) >= 11 is 0. The smallest absolute Gasteiger partial charge is 0.118 e. The Hall–Kier alpha value is -1.84. The minimum atomic E-state index is -0.121. The van der Waals surface area contributed by atoms with Crippen molar-refractivity contribution in [1.82, 2.24) is 5.32 Å². The molecule has 2 rings (SSSR count). The van der Waals surface area contributed by atoms with Crippen LogP contribution in [0.2, 0.25) is 0 Å². The first-order chi connectivity index (χ1) is 10.1. The van der Waals surface area contributed by atoms with E-state index in [-0.39, 0.29) is 5.54 Å². The van der Waals surface area contributed by atoms with Crippen LogP contribution in [0, 0.1) is 0 Å². The lowest BCUT2D eigenvalue weighted by atomic mass is 9.92. The maximum absolute atomic E-state index is 5.99. The highest BCUT2D eigenvalue weighted by molar-refractivity contribution is 5.28. The third kappa shape index (κ3) is 4.59. The van der Waals surface area contributed by atoms with Gasteiger partial charge in [0.15, 0.2) is 0 Å². The lowest BCUT2D eigenvalue weighted by molar-refractivity contribution is 0.358. The van der Waals surface area contributed by atoms with Gasteiger partial charge in [0.05, 0.1) is 7.11 Å². The molecule has 0 aromatic heterocycles. The van der Waals surface area contributed by atoms with Crippen molar-refractivity contribution < 1.29 is 4.74 Å². The van der Waals surface area contributed by atoms with Gasteiger partial charge in [-0.25, -0.2) is 0 Å². The van der Waals surface area contributed by atoms with E-state index in [1.807, 2.05) is 18.2 Å². The zero-order valence-electron chi connectivity index (χ0n) is 12.8. The quantitative estimate of drug-likeness (QED) is 0.822. The Bertz CT molecular complexity index is 539. The van der Waals surface area contributed by atoms with Gasteiger partial charge in [0, 0.05) is 18.6 Å². The first-order valence-corrected chi connectivity index (χ1v) is 7.27. The van der Waals surface area contributed by atoms with Crippen LogP contribution < -0.4 is 15.8 Å². The van der Waals surface area contributed by atoms with Crippen molar-refractivity contribution in [3.63, 3.8) is 0 Å². The standard InChI is InChI=1S/C18H24N2O/c1-18(14-19,20-13-16-6-4-3-5-7-16)12-15-8-10-17(21-2)11-9-15/h3-11,20H,12-14,19H2,1-2H3. The number of ether oxygens (including phenoxy) is 1. The molecule has 0 aliphatic carbocycles. The Kier molecular flexibility index (Phi) is 5.37. The van der Waals surface area contributed by atoms with Gasteiger partial charge in [0.25, 0.3) is 0 Å². The van der Waals surface area contributed by atoms with Crippen molar-refractivity contribution in [3.05, 3.63) is 65.7 Å².